The van der Waals surface area contributed by atoms with Crippen LogP contribution in [0.5, 0.6) is 34.9 Å². The molecule has 3 saturated heterocycles. The molecular weight excluding hydrogens is 1430 g/mol. The number of rotatable bonds is 15. The number of piperidine rings is 3. The average molecular weight is 1550 g/mol. The Hall–Kier alpha value is -4.46. The van der Waals surface area contributed by atoms with Crippen molar-refractivity contribution in [1.29, 1.82) is 0 Å². The zero-order valence-corrected chi connectivity index (χ0v) is 64.2. The molecule has 0 atom stereocenters. The van der Waals surface area contributed by atoms with Crippen molar-refractivity contribution < 1.29 is 103 Å². The fourth-order valence-corrected chi connectivity index (χ4v) is 9.32. The van der Waals surface area contributed by atoms with Gasteiger partial charge in [-0.3, -0.25) is 29.7 Å². The van der Waals surface area contributed by atoms with Crippen LogP contribution in [0, 0.1) is 20.8 Å². The molecule has 0 radical (unpaired) electrons. The van der Waals surface area contributed by atoms with E-state index < -0.39 is 34.9 Å². The van der Waals surface area contributed by atoms with Crippen LogP contribution in [-0.2, 0) is 92.3 Å². The summed E-state index contributed by atoms with van der Waals surface area (Å²) >= 11 is 0. The SMILES string of the molecule is CCOCC.CCOCC.CCOCC.Cc1ccc(C(C)C)cc1.Cc1ccc(C(C)C)cc1.Cc1ccc(C(C)C)cc1.[O-]c1nccc(CN2CCCCC2)c1[O-].[O-]c1nccc(CN2CCCCC2)c1[O-].[O-]c1nccc(CN2CCCCC2)c1[O-].[Ru+2].[Ru+2].[Ru+2]. The summed E-state index contributed by atoms with van der Waals surface area (Å²) in [5.41, 5.74) is 10.0. The van der Waals surface area contributed by atoms with Crippen LogP contribution in [0.4, 0.5) is 0 Å². The Balaban J connectivity index is -0.00000100. The van der Waals surface area contributed by atoms with Crippen LogP contribution in [0.1, 0.15) is 209 Å². The molecule has 6 aromatic rings. The van der Waals surface area contributed by atoms with Gasteiger partial charge in [0.05, 0.1) is 0 Å². The molecule has 522 valence electrons. The summed E-state index contributed by atoms with van der Waals surface area (Å²) in [6.45, 7) is 44.5. The molecular formula is C75H114N6O9Ru3. The number of benzene rings is 3. The minimum atomic E-state index is -0.635. The summed E-state index contributed by atoms with van der Waals surface area (Å²) in [7, 11) is 0. The van der Waals surface area contributed by atoms with E-state index in [9.17, 15) is 30.6 Å². The van der Waals surface area contributed by atoms with Gasteiger partial charge in [0.1, 0.15) is 0 Å². The second-order valence-corrected chi connectivity index (χ2v) is 23.4. The van der Waals surface area contributed by atoms with E-state index in [2.05, 4.69) is 165 Å². The topological polar surface area (TPSA) is 214 Å². The second kappa shape index (κ2) is 57.8. The normalized spacial score (nSPS) is 13.4. The van der Waals surface area contributed by atoms with E-state index in [1.165, 1.54) is 110 Å². The number of nitrogens with zero attached hydrogens (tertiary/aromatic N) is 6. The van der Waals surface area contributed by atoms with E-state index in [0.29, 0.717) is 54.1 Å². The van der Waals surface area contributed by atoms with E-state index in [4.69, 9.17) is 14.2 Å². The van der Waals surface area contributed by atoms with Crippen molar-refractivity contribution in [3.8, 4) is 34.9 Å². The molecule has 93 heavy (non-hydrogen) atoms. The Labute approximate surface area is 601 Å². The molecule has 18 heteroatoms. The number of pyridine rings is 3. The Morgan fingerprint density at radius 2 is 0.516 bits per heavy atom. The fourth-order valence-electron chi connectivity index (χ4n) is 9.32. The zero-order valence-electron chi connectivity index (χ0n) is 59.0. The second-order valence-electron chi connectivity index (χ2n) is 23.4. The van der Waals surface area contributed by atoms with Crippen molar-refractivity contribution in [3.05, 3.63) is 160 Å². The third-order valence-corrected chi connectivity index (χ3v) is 14.8. The average Bonchev–Trinajstić information content (AvgIpc) is 2.74. The largest absolute Gasteiger partial charge is 2.00 e. The van der Waals surface area contributed by atoms with E-state index in [-0.39, 0.29) is 58.4 Å². The molecule has 6 heterocycles. The van der Waals surface area contributed by atoms with Crippen molar-refractivity contribution in [1.82, 2.24) is 29.7 Å². The number of ether oxygens (including phenoxy) is 3. The Bertz CT molecular complexity index is 2390. The molecule has 0 spiro atoms. The Kier molecular flexibility index (Phi) is 57.6. The standard InChI is InChI=1S/3C11H16N2O2.3C10H14.3C4H10O.3Ru/c3*14-10-9(4-5-12-11(10)15)8-13-6-2-1-3-7-13;3*1-8(2)10-6-4-9(3)5-7-10;3*1-3-5-4-2;;;/h3*4-5,14H,1-3,6-8H2,(H,12,15);3*4-8H,1-3H3;3*3-4H2,1-2H3;;;/q;;;;;;;;;3*+2/p-6. The van der Waals surface area contributed by atoms with Crippen molar-refractivity contribution in [2.75, 3.05) is 78.9 Å². The first-order chi connectivity index (χ1) is 43.2. The third-order valence-electron chi connectivity index (χ3n) is 14.8. The van der Waals surface area contributed by atoms with Crippen molar-refractivity contribution in [3.63, 3.8) is 0 Å². The number of hydrogen-bond donors (Lipinski definition) is 0. The van der Waals surface area contributed by atoms with Gasteiger partial charge in [-0.15, -0.1) is 0 Å². The molecule has 0 aliphatic carbocycles. The minimum absolute atomic E-state index is 0. The van der Waals surface area contributed by atoms with Gasteiger partial charge in [-0.1, -0.05) is 168 Å². The van der Waals surface area contributed by atoms with Gasteiger partial charge in [-0.2, -0.15) is 0 Å². The van der Waals surface area contributed by atoms with E-state index in [1.807, 2.05) is 41.5 Å². The summed E-state index contributed by atoms with van der Waals surface area (Å²) in [4.78, 5) is 17.0. The maximum absolute atomic E-state index is 11.4. The predicted octanol–water partition coefficient (Wildman–Crippen LogP) is 13.1. The quantitative estimate of drug-likeness (QED) is 0.0874. The number of aryl methyl sites for hydroxylation is 3. The molecule has 0 unspecified atom stereocenters. The Morgan fingerprint density at radius 3 is 0.677 bits per heavy atom. The molecule has 3 aliphatic heterocycles. The van der Waals surface area contributed by atoms with Gasteiger partial charge in [0.15, 0.2) is 0 Å². The molecule has 3 aromatic heterocycles. The molecule has 3 fully saturated rings. The monoisotopic (exact) mass is 1550 g/mol. The van der Waals surface area contributed by atoms with Gasteiger partial charge in [0, 0.05) is 77.9 Å². The molecule has 0 saturated carbocycles. The van der Waals surface area contributed by atoms with Gasteiger partial charge in [0.2, 0.25) is 0 Å². The maximum atomic E-state index is 11.4. The van der Waals surface area contributed by atoms with Crippen LogP contribution in [0.25, 0.3) is 0 Å². The first-order valence-corrected chi connectivity index (χ1v) is 33.2. The summed E-state index contributed by atoms with van der Waals surface area (Å²) < 4.78 is 14.5. The van der Waals surface area contributed by atoms with Crippen LogP contribution in [0.3, 0.4) is 0 Å². The Morgan fingerprint density at radius 1 is 0.323 bits per heavy atom. The van der Waals surface area contributed by atoms with Crippen molar-refractivity contribution in [2.45, 2.75) is 199 Å². The van der Waals surface area contributed by atoms with Gasteiger partial charge < -0.3 is 44.8 Å². The molecule has 0 N–H and O–H groups in total. The summed E-state index contributed by atoms with van der Waals surface area (Å²) in [6, 6.07) is 31.1. The maximum Gasteiger partial charge on any atom is 2.00 e. The first kappa shape index (κ1) is 92.7. The molecule has 0 amide bonds. The number of hydrogen-bond acceptors (Lipinski definition) is 15. The number of aromatic nitrogens is 3. The molecule has 0 bridgehead atoms. The summed E-state index contributed by atoms with van der Waals surface area (Å²) in [5.74, 6) is -1.27. The minimum Gasteiger partial charge on any atom is -0.872 e. The van der Waals surface area contributed by atoms with Gasteiger partial charge >= 0.3 is 58.4 Å². The molecule has 9 rings (SSSR count). The molecule has 15 nitrogen and oxygen atoms in total. The van der Waals surface area contributed by atoms with Crippen LogP contribution in [-0.4, -0.2) is 109 Å². The number of likely N-dealkylation sites (tertiary alicyclic amines) is 3. The van der Waals surface area contributed by atoms with E-state index in [1.54, 1.807) is 18.2 Å². The van der Waals surface area contributed by atoms with Crippen molar-refractivity contribution in [2.24, 2.45) is 0 Å². The van der Waals surface area contributed by atoms with Gasteiger partial charge in [0.25, 0.3) is 0 Å². The first-order valence-electron chi connectivity index (χ1n) is 33.2. The smallest absolute Gasteiger partial charge is 0.872 e. The zero-order chi connectivity index (χ0) is 67.1. The summed E-state index contributed by atoms with van der Waals surface area (Å²) in [6.07, 6.45) is 15.2. The predicted molar refractivity (Wildman–Crippen MR) is 359 cm³/mol. The van der Waals surface area contributed by atoms with Gasteiger partial charge in [-0.25, -0.2) is 0 Å². The van der Waals surface area contributed by atoms with Crippen LogP contribution in [0.2, 0.25) is 0 Å². The van der Waals surface area contributed by atoms with Crippen LogP contribution in [0.15, 0.2) is 110 Å². The van der Waals surface area contributed by atoms with Gasteiger partial charge in [-0.05, 0) is 227 Å². The van der Waals surface area contributed by atoms with E-state index in [0.717, 1.165) is 78.9 Å². The van der Waals surface area contributed by atoms with Crippen LogP contribution >= 0.6 is 0 Å². The third kappa shape index (κ3) is 43.4. The van der Waals surface area contributed by atoms with E-state index >= 15 is 0 Å². The molecule has 3 aliphatic rings. The fraction of sp³-hybridized carbons (Fsp3) is 0.560. The summed E-state index contributed by atoms with van der Waals surface area (Å²) in [5, 5.41) is 67.4. The van der Waals surface area contributed by atoms with Crippen LogP contribution < -0.4 is 30.6 Å². The molecule has 3 aromatic carbocycles. The van der Waals surface area contributed by atoms with Crippen molar-refractivity contribution >= 4 is 0 Å².